The van der Waals surface area contributed by atoms with Crippen molar-refractivity contribution < 1.29 is 9.90 Å². The Morgan fingerprint density at radius 3 is 2.62 bits per heavy atom. The minimum Gasteiger partial charge on any atom is -0.481 e. The molecular weight excluding hydrogens is 200 g/mol. The molecule has 0 aromatic heterocycles. The van der Waals surface area contributed by atoms with E-state index in [0.717, 1.165) is 38.0 Å². The number of rotatable bonds is 5. The van der Waals surface area contributed by atoms with Gasteiger partial charge in [-0.2, -0.15) is 0 Å². The maximum atomic E-state index is 11.2. The molecular formula is C14H24O2. The maximum Gasteiger partial charge on any atom is 0.306 e. The molecule has 0 aromatic rings. The molecule has 1 rings (SSSR count). The fourth-order valence-corrected chi connectivity index (χ4v) is 2.81. The number of hydrogen-bond acceptors (Lipinski definition) is 1. The minimum atomic E-state index is -0.596. The molecule has 3 atom stereocenters. The van der Waals surface area contributed by atoms with Crippen molar-refractivity contribution in [3.63, 3.8) is 0 Å². The van der Waals surface area contributed by atoms with Gasteiger partial charge in [-0.25, -0.2) is 0 Å². The second-order valence-electron chi connectivity index (χ2n) is 5.29. The molecule has 16 heavy (non-hydrogen) atoms. The van der Waals surface area contributed by atoms with Crippen LogP contribution >= 0.6 is 0 Å². The molecule has 3 unspecified atom stereocenters. The first kappa shape index (κ1) is 13.3. The number of hydrogen-bond donors (Lipinski definition) is 1. The molecule has 1 N–H and O–H groups in total. The predicted molar refractivity (Wildman–Crippen MR) is 66.3 cm³/mol. The highest BCUT2D eigenvalue weighted by Gasteiger charge is 2.33. The Bertz CT molecular complexity index is 257. The van der Waals surface area contributed by atoms with Crippen LogP contribution in [0.4, 0.5) is 0 Å². The van der Waals surface area contributed by atoms with Crippen molar-refractivity contribution in [2.45, 2.75) is 52.4 Å². The summed E-state index contributed by atoms with van der Waals surface area (Å²) in [5, 5.41) is 9.21. The zero-order valence-electron chi connectivity index (χ0n) is 10.5. The second-order valence-corrected chi connectivity index (χ2v) is 5.29. The monoisotopic (exact) mass is 224 g/mol. The average molecular weight is 224 g/mol. The highest BCUT2D eigenvalue weighted by Crippen LogP contribution is 2.38. The highest BCUT2D eigenvalue weighted by atomic mass is 16.4. The summed E-state index contributed by atoms with van der Waals surface area (Å²) in [7, 11) is 0. The summed E-state index contributed by atoms with van der Waals surface area (Å²) in [4.78, 5) is 11.2. The molecule has 0 spiro atoms. The van der Waals surface area contributed by atoms with E-state index in [9.17, 15) is 9.90 Å². The van der Waals surface area contributed by atoms with Gasteiger partial charge in [0, 0.05) is 0 Å². The van der Waals surface area contributed by atoms with E-state index in [1.54, 1.807) is 0 Å². The van der Waals surface area contributed by atoms with Crippen LogP contribution in [-0.2, 0) is 4.79 Å². The van der Waals surface area contributed by atoms with E-state index < -0.39 is 5.97 Å². The van der Waals surface area contributed by atoms with Crippen molar-refractivity contribution in [3.8, 4) is 0 Å². The van der Waals surface area contributed by atoms with Gasteiger partial charge < -0.3 is 5.11 Å². The van der Waals surface area contributed by atoms with Gasteiger partial charge in [0.2, 0.25) is 0 Å². The number of carboxylic acids is 1. The van der Waals surface area contributed by atoms with Gasteiger partial charge in [0.1, 0.15) is 0 Å². The molecule has 2 heteroatoms. The summed E-state index contributed by atoms with van der Waals surface area (Å²) >= 11 is 0. The summed E-state index contributed by atoms with van der Waals surface area (Å²) in [6.45, 7) is 8.13. The Labute approximate surface area is 98.7 Å². The number of aliphatic carboxylic acids is 1. The van der Waals surface area contributed by atoms with Gasteiger partial charge >= 0.3 is 5.97 Å². The van der Waals surface area contributed by atoms with Crippen LogP contribution in [-0.4, -0.2) is 11.1 Å². The van der Waals surface area contributed by atoms with E-state index in [-0.39, 0.29) is 5.92 Å². The van der Waals surface area contributed by atoms with Crippen LogP contribution < -0.4 is 0 Å². The van der Waals surface area contributed by atoms with E-state index in [1.165, 1.54) is 12.0 Å². The standard InChI is InChI=1S/C14H24O2/c1-4-11-6-8-13(14(15)16)12(9-11)7-5-10(2)3/h11-13H,2,4-9H2,1,3H3,(H,15,16). The van der Waals surface area contributed by atoms with Crippen LogP contribution in [0.25, 0.3) is 0 Å². The summed E-state index contributed by atoms with van der Waals surface area (Å²) in [5.41, 5.74) is 1.17. The van der Waals surface area contributed by atoms with Gasteiger partial charge in [-0.15, -0.1) is 6.58 Å². The van der Waals surface area contributed by atoms with Crippen LogP contribution in [0.5, 0.6) is 0 Å². The van der Waals surface area contributed by atoms with Crippen LogP contribution in [0.1, 0.15) is 52.4 Å². The molecule has 1 saturated carbocycles. The lowest BCUT2D eigenvalue weighted by Gasteiger charge is -2.33. The van der Waals surface area contributed by atoms with Crippen molar-refractivity contribution in [1.29, 1.82) is 0 Å². The lowest BCUT2D eigenvalue weighted by atomic mass is 9.71. The van der Waals surface area contributed by atoms with Crippen molar-refractivity contribution >= 4 is 5.97 Å². The summed E-state index contributed by atoms with van der Waals surface area (Å²) in [5.74, 6) is 0.405. The highest BCUT2D eigenvalue weighted by molar-refractivity contribution is 5.70. The molecule has 0 bridgehead atoms. The van der Waals surface area contributed by atoms with Gasteiger partial charge in [-0.1, -0.05) is 18.9 Å². The first-order chi connectivity index (χ1) is 7.54. The number of carboxylic acid groups (broad SMARTS) is 1. The molecule has 0 aliphatic heterocycles. The lowest BCUT2D eigenvalue weighted by molar-refractivity contribution is -0.145. The van der Waals surface area contributed by atoms with Gasteiger partial charge in [0.05, 0.1) is 5.92 Å². The summed E-state index contributed by atoms with van der Waals surface area (Å²) < 4.78 is 0. The molecule has 0 heterocycles. The molecule has 1 aliphatic carbocycles. The van der Waals surface area contributed by atoms with Gasteiger partial charge in [-0.3, -0.25) is 4.79 Å². The van der Waals surface area contributed by atoms with Gasteiger partial charge in [-0.05, 0) is 50.9 Å². The fourth-order valence-electron chi connectivity index (χ4n) is 2.81. The smallest absolute Gasteiger partial charge is 0.306 e. The largest absolute Gasteiger partial charge is 0.481 e. The third-order valence-electron chi connectivity index (χ3n) is 3.93. The molecule has 92 valence electrons. The molecule has 1 aliphatic rings. The zero-order valence-corrected chi connectivity index (χ0v) is 10.5. The van der Waals surface area contributed by atoms with Gasteiger partial charge in [0.15, 0.2) is 0 Å². The fraction of sp³-hybridized carbons (Fsp3) is 0.786. The van der Waals surface area contributed by atoms with Crippen LogP contribution in [0.3, 0.4) is 0 Å². The van der Waals surface area contributed by atoms with E-state index in [2.05, 4.69) is 13.5 Å². The van der Waals surface area contributed by atoms with Crippen LogP contribution in [0, 0.1) is 17.8 Å². The van der Waals surface area contributed by atoms with E-state index in [0.29, 0.717) is 5.92 Å². The molecule has 0 aromatic carbocycles. The van der Waals surface area contributed by atoms with Crippen molar-refractivity contribution in [1.82, 2.24) is 0 Å². The first-order valence-corrected chi connectivity index (χ1v) is 6.41. The normalized spacial score (nSPS) is 30.0. The quantitative estimate of drug-likeness (QED) is 0.720. The summed E-state index contributed by atoms with van der Waals surface area (Å²) in [6.07, 6.45) is 6.23. The number of carbonyl (C=O) groups is 1. The Hall–Kier alpha value is -0.790. The van der Waals surface area contributed by atoms with Crippen molar-refractivity contribution in [2.75, 3.05) is 0 Å². The Morgan fingerprint density at radius 1 is 1.44 bits per heavy atom. The average Bonchev–Trinajstić information content (AvgIpc) is 2.25. The predicted octanol–water partition coefficient (Wildman–Crippen LogP) is 3.87. The van der Waals surface area contributed by atoms with E-state index >= 15 is 0 Å². The Kier molecular flexibility index (Phi) is 5.04. The number of allylic oxidation sites excluding steroid dienone is 1. The Balaban J connectivity index is 2.56. The van der Waals surface area contributed by atoms with Gasteiger partial charge in [0.25, 0.3) is 0 Å². The molecule has 0 radical (unpaired) electrons. The topological polar surface area (TPSA) is 37.3 Å². The SMILES string of the molecule is C=C(C)CCC1CC(CC)CCC1C(=O)O. The summed E-state index contributed by atoms with van der Waals surface area (Å²) in [6, 6.07) is 0. The molecule has 0 amide bonds. The van der Waals surface area contributed by atoms with E-state index in [4.69, 9.17) is 0 Å². The third kappa shape index (κ3) is 3.66. The van der Waals surface area contributed by atoms with Crippen LogP contribution in [0.2, 0.25) is 0 Å². The third-order valence-corrected chi connectivity index (χ3v) is 3.93. The van der Waals surface area contributed by atoms with Crippen molar-refractivity contribution in [2.24, 2.45) is 17.8 Å². The lowest BCUT2D eigenvalue weighted by Crippen LogP contribution is -2.30. The Morgan fingerprint density at radius 2 is 2.12 bits per heavy atom. The minimum absolute atomic E-state index is 0.109. The maximum absolute atomic E-state index is 11.2. The zero-order chi connectivity index (χ0) is 12.1. The molecule has 0 saturated heterocycles. The van der Waals surface area contributed by atoms with Crippen molar-refractivity contribution in [3.05, 3.63) is 12.2 Å². The first-order valence-electron chi connectivity index (χ1n) is 6.41. The second kappa shape index (κ2) is 6.07. The van der Waals surface area contributed by atoms with Crippen LogP contribution in [0.15, 0.2) is 12.2 Å². The van der Waals surface area contributed by atoms with E-state index in [1.807, 2.05) is 6.92 Å². The molecule has 2 nitrogen and oxygen atoms in total. The molecule has 1 fully saturated rings.